The van der Waals surface area contributed by atoms with Crippen LogP contribution in [0, 0.1) is 6.92 Å². The second-order valence-electron chi connectivity index (χ2n) is 6.06. The minimum atomic E-state index is -0.0752. The number of thiophene rings is 1. The van der Waals surface area contributed by atoms with E-state index in [9.17, 15) is 4.79 Å². The molecular weight excluding hydrogens is 410 g/mol. The fourth-order valence-corrected chi connectivity index (χ4v) is 3.98. The number of nitrogens with zero attached hydrogens (tertiary/aromatic N) is 2. The number of hydrogen-bond donors (Lipinski definition) is 1. The molecule has 130 valence electrons. The van der Waals surface area contributed by atoms with Gasteiger partial charge in [0, 0.05) is 22.4 Å². The molecule has 1 amide bonds. The van der Waals surface area contributed by atoms with E-state index in [1.807, 2.05) is 52.5 Å². The van der Waals surface area contributed by atoms with Gasteiger partial charge in [-0.05, 0) is 52.0 Å². The van der Waals surface area contributed by atoms with Gasteiger partial charge in [-0.1, -0.05) is 29.8 Å². The van der Waals surface area contributed by atoms with Crippen LogP contribution < -0.4 is 5.32 Å². The number of halogens is 1. The fraction of sp³-hybridized carbons (Fsp3) is 0.100. The number of aromatic nitrogens is 2. The summed E-state index contributed by atoms with van der Waals surface area (Å²) in [7, 11) is 0. The first-order valence-electron chi connectivity index (χ1n) is 8.16. The Bertz CT molecular complexity index is 1080. The van der Waals surface area contributed by atoms with Crippen LogP contribution in [-0.2, 0) is 6.54 Å². The molecule has 0 bridgehead atoms. The first kappa shape index (κ1) is 17.0. The summed E-state index contributed by atoms with van der Waals surface area (Å²) in [6.45, 7) is 2.45. The lowest BCUT2D eigenvalue weighted by atomic mass is 10.0. The lowest BCUT2D eigenvalue weighted by Gasteiger charge is -2.05. The number of carbonyl (C=O) groups is 1. The van der Waals surface area contributed by atoms with Gasteiger partial charge in [-0.2, -0.15) is 0 Å². The fourth-order valence-electron chi connectivity index (χ4n) is 2.80. The molecule has 0 saturated heterocycles. The molecule has 4 rings (SSSR count). The minimum absolute atomic E-state index is 0.0752. The van der Waals surface area contributed by atoms with Gasteiger partial charge in [-0.15, -0.1) is 11.3 Å². The zero-order valence-electron chi connectivity index (χ0n) is 14.1. The number of nitrogens with one attached hydrogen (secondary N) is 1. The maximum absolute atomic E-state index is 12.7. The molecule has 0 atom stereocenters. The van der Waals surface area contributed by atoms with Crippen LogP contribution >= 0.6 is 27.3 Å². The van der Waals surface area contributed by atoms with Crippen LogP contribution in [-0.4, -0.2) is 15.3 Å². The average Bonchev–Trinajstić information content (AvgIpc) is 3.26. The molecule has 4 aromatic rings. The van der Waals surface area contributed by atoms with E-state index >= 15 is 0 Å². The first-order chi connectivity index (χ1) is 12.6. The van der Waals surface area contributed by atoms with E-state index in [1.165, 1.54) is 16.9 Å². The summed E-state index contributed by atoms with van der Waals surface area (Å²) in [5, 5.41) is 4.93. The number of rotatable bonds is 4. The first-order valence-corrected chi connectivity index (χ1v) is 9.83. The van der Waals surface area contributed by atoms with Crippen LogP contribution in [0.1, 0.15) is 20.9 Å². The van der Waals surface area contributed by atoms with Gasteiger partial charge in [-0.3, -0.25) is 4.79 Å². The summed E-state index contributed by atoms with van der Waals surface area (Å²) < 4.78 is 2.92. The number of amides is 1. The van der Waals surface area contributed by atoms with Crippen molar-refractivity contribution in [2.24, 2.45) is 0 Å². The predicted molar refractivity (Wildman–Crippen MR) is 109 cm³/mol. The van der Waals surface area contributed by atoms with Crippen LogP contribution in [0.15, 0.2) is 64.7 Å². The van der Waals surface area contributed by atoms with Gasteiger partial charge in [0.25, 0.3) is 5.91 Å². The Balaban J connectivity index is 1.51. The smallest absolute Gasteiger partial charge is 0.262 e. The molecule has 0 unspecified atom stereocenters. The van der Waals surface area contributed by atoms with E-state index in [1.54, 1.807) is 0 Å². The maximum atomic E-state index is 12.7. The second kappa shape index (κ2) is 7.05. The monoisotopic (exact) mass is 425 g/mol. The largest absolute Gasteiger partial charge is 0.346 e. The van der Waals surface area contributed by atoms with Crippen LogP contribution in [0.3, 0.4) is 0 Å². The van der Waals surface area contributed by atoms with E-state index in [-0.39, 0.29) is 5.91 Å². The lowest BCUT2D eigenvalue weighted by molar-refractivity contribution is 0.0955. The number of imidazole rings is 1. The summed E-state index contributed by atoms with van der Waals surface area (Å²) in [6, 6.07) is 14.1. The predicted octanol–water partition coefficient (Wildman–Crippen LogP) is 5.06. The molecular formula is C20H16BrN3OS. The molecule has 0 aliphatic carbocycles. The Morgan fingerprint density at radius 3 is 2.77 bits per heavy atom. The summed E-state index contributed by atoms with van der Waals surface area (Å²) in [4.78, 5) is 17.9. The third-order valence-electron chi connectivity index (χ3n) is 4.13. The van der Waals surface area contributed by atoms with Crippen molar-refractivity contribution in [2.45, 2.75) is 13.5 Å². The quantitative estimate of drug-likeness (QED) is 0.496. The van der Waals surface area contributed by atoms with Crippen molar-refractivity contribution in [2.75, 3.05) is 0 Å². The van der Waals surface area contributed by atoms with E-state index in [2.05, 4.69) is 45.3 Å². The molecule has 3 aromatic heterocycles. The zero-order chi connectivity index (χ0) is 18.1. The van der Waals surface area contributed by atoms with E-state index < -0.39 is 0 Å². The molecule has 1 N–H and O–H groups in total. The molecule has 0 radical (unpaired) electrons. The molecule has 26 heavy (non-hydrogen) atoms. The summed E-state index contributed by atoms with van der Waals surface area (Å²) in [5.74, 6) is -0.0752. The van der Waals surface area contributed by atoms with Crippen molar-refractivity contribution in [3.05, 3.63) is 80.8 Å². The van der Waals surface area contributed by atoms with Gasteiger partial charge in [0.05, 0.1) is 17.1 Å². The van der Waals surface area contributed by atoms with Crippen molar-refractivity contribution < 1.29 is 4.79 Å². The standard InChI is InChI=1S/C20H16BrN3OS/c1-13-2-4-14(5-3-13)17-8-9-26-19(17)20(25)22-10-16-12-24-11-15(21)6-7-18(24)23-16/h2-9,11-12H,10H2,1H3,(H,22,25). The molecule has 0 aliphatic rings. The Labute approximate surface area is 163 Å². The Hall–Kier alpha value is -2.44. The van der Waals surface area contributed by atoms with Gasteiger partial charge in [0.15, 0.2) is 0 Å². The number of hydrogen-bond acceptors (Lipinski definition) is 3. The second-order valence-corrected chi connectivity index (χ2v) is 7.89. The van der Waals surface area contributed by atoms with Crippen LogP contribution in [0.25, 0.3) is 16.8 Å². The molecule has 4 nitrogen and oxygen atoms in total. The molecule has 0 aliphatic heterocycles. The number of fused-ring (bicyclic) bond motifs is 1. The number of benzene rings is 1. The van der Waals surface area contributed by atoms with Crippen LogP contribution in [0.5, 0.6) is 0 Å². The SMILES string of the molecule is Cc1ccc(-c2ccsc2C(=O)NCc2cn3cc(Br)ccc3n2)cc1. The summed E-state index contributed by atoms with van der Waals surface area (Å²) >= 11 is 4.90. The van der Waals surface area contributed by atoms with Crippen molar-refractivity contribution in [1.29, 1.82) is 0 Å². The van der Waals surface area contributed by atoms with E-state index in [0.29, 0.717) is 6.54 Å². The van der Waals surface area contributed by atoms with Crippen molar-refractivity contribution >= 4 is 38.8 Å². The molecule has 3 heterocycles. The molecule has 6 heteroatoms. The van der Waals surface area contributed by atoms with Crippen LogP contribution in [0.4, 0.5) is 0 Å². The molecule has 0 spiro atoms. The van der Waals surface area contributed by atoms with Gasteiger partial charge in [0.1, 0.15) is 5.65 Å². The Morgan fingerprint density at radius 1 is 1.15 bits per heavy atom. The van der Waals surface area contributed by atoms with E-state index in [0.717, 1.165) is 31.8 Å². The zero-order valence-corrected chi connectivity index (χ0v) is 16.5. The highest BCUT2D eigenvalue weighted by atomic mass is 79.9. The summed E-state index contributed by atoms with van der Waals surface area (Å²) in [5.41, 5.74) is 4.90. The average molecular weight is 426 g/mol. The Kier molecular flexibility index (Phi) is 4.61. The molecule has 1 aromatic carbocycles. The summed E-state index contributed by atoms with van der Waals surface area (Å²) in [6.07, 6.45) is 3.87. The van der Waals surface area contributed by atoms with E-state index in [4.69, 9.17) is 0 Å². The maximum Gasteiger partial charge on any atom is 0.262 e. The van der Waals surface area contributed by atoms with Crippen molar-refractivity contribution in [3.8, 4) is 11.1 Å². The number of aryl methyl sites for hydroxylation is 1. The third kappa shape index (κ3) is 3.43. The third-order valence-corrected chi connectivity index (χ3v) is 5.51. The normalized spacial score (nSPS) is 11.0. The highest BCUT2D eigenvalue weighted by molar-refractivity contribution is 9.10. The highest BCUT2D eigenvalue weighted by Crippen LogP contribution is 2.28. The van der Waals surface area contributed by atoms with Gasteiger partial charge < -0.3 is 9.72 Å². The number of pyridine rings is 1. The van der Waals surface area contributed by atoms with Crippen LogP contribution in [0.2, 0.25) is 0 Å². The lowest BCUT2D eigenvalue weighted by Crippen LogP contribution is -2.22. The highest BCUT2D eigenvalue weighted by Gasteiger charge is 2.15. The van der Waals surface area contributed by atoms with Crippen molar-refractivity contribution in [3.63, 3.8) is 0 Å². The molecule has 0 saturated carbocycles. The molecule has 0 fully saturated rings. The van der Waals surface area contributed by atoms with Gasteiger partial charge in [0.2, 0.25) is 0 Å². The van der Waals surface area contributed by atoms with Gasteiger partial charge in [-0.25, -0.2) is 4.98 Å². The number of carbonyl (C=O) groups excluding carboxylic acids is 1. The topological polar surface area (TPSA) is 46.4 Å². The minimum Gasteiger partial charge on any atom is -0.346 e. The van der Waals surface area contributed by atoms with Crippen molar-refractivity contribution in [1.82, 2.24) is 14.7 Å². The van der Waals surface area contributed by atoms with Gasteiger partial charge >= 0.3 is 0 Å². The Morgan fingerprint density at radius 2 is 1.96 bits per heavy atom.